The molecular weight excluding hydrogens is 390 g/mol. The van der Waals surface area contributed by atoms with Gasteiger partial charge in [0.2, 0.25) is 0 Å². The van der Waals surface area contributed by atoms with Crippen molar-refractivity contribution in [1.82, 2.24) is 25.0 Å². The molecule has 2 N–H and O–H groups in total. The van der Waals surface area contributed by atoms with Crippen LogP contribution < -0.4 is 0 Å². The first-order chi connectivity index (χ1) is 14.1. The number of piperidine rings is 3. The van der Waals surface area contributed by atoms with E-state index >= 15 is 0 Å². The Labute approximate surface area is 172 Å². The lowest BCUT2D eigenvalue weighted by molar-refractivity contribution is -0.122. The van der Waals surface area contributed by atoms with Gasteiger partial charge in [-0.15, -0.1) is 11.3 Å². The van der Waals surface area contributed by atoms with Crippen LogP contribution >= 0.6 is 11.3 Å². The third-order valence-electron chi connectivity index (χ3n) is 5.88. The van der Waals surface area contributed by atoms with Gasteiger partial charge in [-0.2, -0.15) is 5.10 Å². The number of hydrogen-bond acceptors (Lipinski definition) is 6. The van der Waals surface area contributed by atoms with Gasteiger partial charge in [0.1, 0.15) is 5.01 Å². The van der Waals surface area contributed by atoms with Crippen LogP contribution in [-0.2, 0) is 4.79 Å². The predicted molar refractivity (Wildman–Crippen MR) is 111 cm³/mol. The molecule has 2 bridgehead atoms. The van der Waals surface area contributed by atoms with E-state index in [1.54, 1.807) is 17.5 Å². The summed E-state index contributed by atoms with van der Waals surface area (Å²) in [7, 11) is 1.93. The lowest BCUT2D eigenvalue weighted by atomic mass is 9.83. The fourth-order valence-electron chi connectivity index (χ4n) is 4.37. The quantitative estimate of drug-likeness (QED) is 0.640. The Morgan fingerprint density at radius 3 is 2.76 bits per heavy atom. The fourth-order valence-corrected chi connectivity index (χ4v) is 5.01. The van der Waals surface area contributed by atoms with Crippen molar-refractivity contribution < 1.29 is 14.7 Å². The molecule has 1 unspecified atom stereocenters. The molecule has 1 amide bonds. The number of carbonyl (C=O) groups excluding carboxylic acids is 1. The predicted octanol–water partition coefficient (Wildman–Crippen LogP) is 2.55. The van der Waals surface area contributed by atoms with Crippen molar-refractivity contribution in [1.29, 1.82) is 0 Å². The first kappa shape index (κ1) is 19.5. The van der Waals surface area contributed by atoms with Crippen molar-refractivity contribution >= 4 is 34.6 Å². The van der Waals surface area contributed by atoms with E-state index < -0.39 is 0 Å². The number of nitrogens with zero attached hydrogens (tertiary/aromatic N) is 4. The van der Waals surface area contributed by atoms with Crippen molar-refractivity contribution in [3.8, 4) is 10.6 Å². The Bertz CT molecular complexity index is 995. The molecule has 5 heterocycles. The number of likely N-dealkylation sites (N-methyl/N-ethyl adjacent to an activating group) is 1. The highest BCUT2D eigenvalue weighted by Crippen LogP contribution is 2.32. The zero-order valence-corrected chi connectivity index (χ0v) is 16.9. The number of benzene rings is 1. The highest BCUT2D eigenvalue weighted by Gasteiger charge is 2.38. The molecule has 0 saturated carbocycles. The number of amides is 1. The molecule has 2 aromatic heterocycles. The Hall–Kier alpha value is -2.78. The normalized spacial score (nSPS) is 22.7. The van der Waals surface area contributed by atoms with Crippen LogP contribution in [0.4, 0.5) is 0 Å². The average Bonchev–Trinajstić information content (AvgIpc) is 3.43. The highest BCUT2D eigenvalue weighted by atomic mass is 32.1. The molecule has 3 saturated heterocycles. The van der Waals surface area contributed by atoms with Gasteiger partial charge in [0, 0.05) is 42.2 Å². The van der Waals surface area contributed by atoms with Crippen LogP contribution in [0.25, 0.3) is 21.5 Å². The number of aromatic amines is 1. The standard InChI is InChI=1S/C19H21N5OS.CH2O2/c1-23(16-11-24-7-4-12(16)5-8-24)19(25)17-14-3-2-13(10-15(14)21-22-17)18-20-6-9-26-18;2-1-3/h2-3,6,9-10,12,16H,4-5,7-8,11H2,1H3,(H,21,22);1H,(H,2,3). The number of nitrogens with one attached hydrogen (secondary N) is 1. The summed E-state index contributed by atoms with van der Waals surface area (Å²) in [6.45, 7) is 3.09. The number of fused-ring (bicyclic) bond motifs is 4. The number of H-pyrrole nitrogens is 1. The molecule has 0 spiro atoms. The molecule has 0 radical (unpaired) electrons. The smallest absolute Gasteiger partial charge is 0.290 e. The molecule has 1 atom stereocenters. The summed E-state index contributed by atoms with van der Waals surface area (Å²) in [5.74, 6) is 0.632. The molecule has 0 aliphatic carbocycles. The minimum absolute atomic E-state index is 0.0111. The van der Waals surface area contributed by atoms with Crippen LogP contribution in [0.2, 0.25) is 0 Å². The van der Waals surface area contributed by atoms with E-state index in [0.717, 1.165) is 28.0 Å². The van der Waals surface area contributed by atoms with Gasteiger partial charge in [-0.25, -0.2) is 4.98 Å². The second kappa shape index (κ2) is 8.30. The molecule has 3 aliphatic heterocycles. The number of carbonyl (C=O) groups is 2. The fraction of sp³-hybridized carbons (Fsp3) is 0.400. The van der Waals surface area contributed by atoms with Gasteiger partial charge in [-0.05, 0) is 44.0 Å². The van der Waals surface area contributed by atoms with E-state index in [9.17, 15) is 4.79 Å². The van der Waals surface area contributed by atoms with Crippen molar-refractivity contribution in [2.75, 3.05) is 26.7 Å². The minimum atomic E-state index is -0.250. The molecule has 6 rings (SSSR count). The topological polar surface area (TPSA) is 102 Å². The van der Waals surface area contributed by atoms with Crippen molar-refractivity contribution in [2.24, 2.45) is 5.92 Å². The van der Waals surface area contributed by atoms with Crippen molar-refractivity contribution in [3.05, 3.63) is 35.5 Å². The van der Waals surface area contributed by atoms with E-state index in [0.29, 0.717) is 17.7 Å². The molecular formula is C20H23N5O3S. The van der Waals surface area contributed by atoms with Gasteiger partial charge < -0.3 is 14.9 Å². The van der Waals surface area contributed by atoms with Crippen LogP contribution in [0, 0.1) is 5.92 Å². The molecule has 29 heavy (non-hydrogen) atoms. The lowest BCUT2D eigenvalue weighted by Gasteiger charge is -2.47. The summed E-state index contributed by atoms with van der Waals surface area (Å²) in [5.41, 5.74) is 2.44. The van der Waals surface area contributed by atoms with Gasteiger partial charge in [-0.3, -0.25) is 14.7 Å². The van der Waals surface area contributed by atoms with Crippen LogP contribution in [0.15, 0.2) is 29.8 Å². The Morgan fingerprint density at radius 2 is 2.14 bits per heavy atom. The minimum Gasteiger partial charge on any atom is -0.483 e. The second-order valence-corrected chi connectivity index (χ2v) is 8.29. The van der Waals surface area contributed by atoms with Crippen molar-refractivity contribution in [2.45, 2.75) is 18.9 Å². The molecule has 3 aliphatic rings. The maximum absolute atomic E-state index is 13.1. The summed E-state index contributed by atoms with van der Waals surface area (Å²) in [6.07, 6.45) is 4.19. The van der Waals surface area contributed by atoms with Gasteiger partial charge in [0.25, 0.3) is 12.4 Å². The molecule has 152 valence electrons. The molecule has 9 heteroatoms. The molecule has 1 aromatic carbocycles. The Morgan fingerprint density at radius 1 is 1.38 bits per heavy atom. The number of hydrogen-bond donors (Lipinski definition) is 2. The maximum atomic E-state index is 13.1. The first-order valence-electron chi connectivity index (χ1n) is 9.57. The third-order valence-corrected chi connectivity index (χ3v) is 6.71. The van der Waals surface area contributed by atoms with Crippen LogP contribution in [0.3, 0.4) is 0 Å². The lowest BCUT2D eigenvalue weighted by Crippen LogP contribution is -2.57. The summed E-state index contributed by atoms with van der Waals surface area (Å²) in [4.78, 5) is 30.2. The first-order valence-corrected chi connectivity index (χ1v) is 10.5. The van der Waals surface area contributed by atoms with Gasteiger partial charge in [-0.1, -0.05) is 6.07 Å². The van der Waals surface area contributed by atoms with Crippen LogP contribution in [-0.4, -0.2) is 75.2 Å². The summed E-state index contributed by atoms with van der Waals surface area (Å²) in [5, 5.41) is 18.1. The maximum Gasteiger partial charge on any atom is 0.290 e. The number of thiazole rings is 1. The SMILES string of the molecule is CN(C(=O)c1n[nH]c2cc(-c3nccs3)ccc12)C1CN2CCC1CC2.O=CO. The molecule has 3 aromatic rings. The highest BCUT2D eigenvalue weighted by molar-refractivity contribution is 7.13. The Balaban J connectivity index is 0.000000645. The van der Waals surface area contributed by atoms with Gasteiger partial charge in [0.15, 0.2) is 5.69 Å². The second-order valence-electron chi connectivity index (χ2n) is 7.40. The summed E-state index contributed by atoms with van der Waals surface area (Å²) >= 11 is 1.60. The zero-order valence-electron chi connectivity index (χ0n) is 16.1. The van der Waals surface area contributed by atoms with E-state index in [4.69, 9.17) is 9.90 Å². The molecule has 3 fully saturated rings. The molecule has 8 nitrogen and oxygen atoms in total. The Kier molecular flexibility index (Phi) is 5.59. The van der Waals surface area contributed by atoms with E-state index in [1.165, 1.54) is 25.9 Å². The van der Waals surface area contributed by atoms with Crippen LogP contribution in [0.1, 0.15) is 23.3 Å². The number of rotatable bonds is 3. The van der Waals surface area contributed by atoms with E-state index in [1.807, 2.05) is 35.5 Å². The van der Waals surface area contributed by atoms with E-state index in [-0.39, 0.29) is 12.4 Å². The number of aromatic nitrogens is 3. The monoisotopic (exact) mass is 413 g/mol. The summed E-state index contributed by atoms with van der Waals surface area (Å²) in [6, 6.07) is 6.31. The average molecular weight is 414 g/mol. The van der Waals surface area contributed by atoms with Gasteiger partial charge >= 0.3 is 0 Å². The van der Waals surface area contributed by atoms with E-state index in [2.05, 4.69) is 20.1 Å². The van der Waals surface area contributed by atoms with Crippen LogP contribution in [0.5, 0.6) is 0 Å². The largest absolute Gasteiger partial charge is 0.483 e. The zero-order chi connectivity index (χ0) is 20.4. The van der Waals surface area contributed by atoms with Gasteiger partial charge in [0.05, 0.1) is 5.52 Å². The van der Waals surface area contributed by atoms with Crippen molar-refractivity contribution in [3.63, 3.8) is 0 Å². The summed E-state index contributed by atoms with van der Waals surface area (Å²) < 4.78 is 0. The number of carboxylic acid groups (broad SMARTS) is 1. The third kappa shape index (κ3) is 3.75.